The van der Waals surface area contributed by atoms with Gasteiger partial charge < -0.3 is 15.0 Å². The van der Waals surface area contributed by atoms with E-state index in [-0.39, 0.29) is 35.5 Å². The number of amides is 2. The average molecular weight is 646 g/mol. The van der Waals surface area contributed by atoms with Crippen molar-refractivity contribution in [2.45, 2.75) is 57.1 Å². The molecule has 0 heterocycles. The van der Waals surface area contributed by atoms with Crippen LogP contribution in [0, 0.1) is 12.7 Å². The van der Waals surface area contributed by atoms with E-state index in [4.69, 9.17) is 4.74 Å². The summed E-state index contributed by atoms with van der Waals surface area (Å²) in [4.78, 5) is 29.7. The van der Waals surface area contributed by atoms with E-state index in [9.17, 15) is 18.0 Å². The van der Waals surface area contributed by atoms with E-state index in [0.717, 1.165) is 21.5 Å². The molecule has 0 saturated heterocycles. The molecule has 242 valence electrons. The second-order valence-corrected chi connectivity index (χ2v) is 13.0. The first-order valence-corrected chi connectivity index (χ1v) is 16.6. The Bertz CT molecular complexity index is 1730. The number of sulfonamides is 1. The highest BCUT2D eigenvalue weighted by Gasteiger charge is 2.35. The first-order chi connectivity index (χ1) is 22.0. The van der Waals surface area contributed by atoms with E-state index in [1.54, 1.807) is 36.4 Å². The SMILES string of the molecule is CCC(C)NC(=O)C(Cc1ccccc1)N(Cc1cccc(OC)c1)C(=O)CN(c1ccccc1F)S(=O)(=O)c1ccc(C)cc1. The van der Waals surface area contributed by atoms with Crippen LogP contribution >= 0.6 is 0 Å². The minimum Gasteiger partial charge on any atom is -0.497 e. The van der Waals surface area contributed by atoms with Crippen molar-refractivity contribution in [1.29, 1.82) is 0 Å². The molecule has 4 aromatic rings. The number of hydrogen-bond donors (Lipinski definition) is 1. The van der Waals surface area contributed by atoms with Crippen LogP contribution in [-0.4, -0.2) is 50.9 Å². The van der Waals surface area contributed by atoms with Gasteiger partial charge in [-0.1, -0.05) is 79.2 Å². The van der Waals surface area contributed by atoms with Gasteiger partial charge in [0.05, 0.1) is 17.7 Å². The summed E-state index contributed by atoms with van der Waals surface area (Å²) < 4.78 is 49.6. The van der Waals surface area contributed by atoms with Crippen LogP contribution in [0.15, 0.2) is 108 Å². The van der Waals surface area contributed by atoms with Gasteiger partial charge >= 0.3 is 0 Å². The van der Waals surface area contributed by atoms with Gasteiger partial charge in [-0.05, 0) is 67.8 Å². The zero-order chi connectivity index (χ0) is 33.3. The molecule has 0 saturated carbocycles. The Balaban J connectivity index is 1.83. The molecule has 0 aliphatic rings. The minimum absolute atomic E-state index is 0.0306. The first-order valence-electron chi connectivity index (χ1n) is 15.1. The van der Waals surface area contributed by atoms with E-state index < -0.39 is 34.3 Å². The topological polar surface area (TPSA) is 96.0 Å². The molecule has 4 aromatic carbocycles. The average Bonchev–Trinajstić information content (AvgIpc) is 3.06. The second kappa shape index (κ2) is 15.5. The normalized spacial score (nSPS) is 12.5. The highest BCUT2D eigenvalue weighted by Crippen LogP contribution is 2.28. The minimum atomic E-state index is -4.41. The van der Waals surface area contributed by atoms with Gasteiger partial charge in [0.25, 0.3) is 10.0 Å². The van der Waals surface area contributed by atoms with Gasteiger partial charge in [0.1, 0.15) is 24.2 Å². The van der Waals surface area contributed by atoms with Crippen molar-refractivity contribution in [2.75, 3.05) is 18.0 Å². The number of hydrogen-bond acceptors (Lipinski definition) is 5. The van der Waals surface area contributed by atoms with Gasteiger partial charge in [0.15, 0.2) is 0 Å². The third kappa shape index (κ3) is 8.51. The van der Waals surface area contributed by atoms with Gasteiger partial charge in [-0.2, -0.15) is 0 Å². The molecule has 0 aliphatic heterocycles. The van der Waals surface area contributed by atoms with Crippen LogP contribution < -0.4 is 14.4 Å². The van der Waals surface area contributed by atoms with E-state index >= 15 is 4.39 Å². The molecule has 4 rings (SSSR count). The van der Waals surface area contributed by atoms with Gasteiger partial charge in [-0.25, -0.2) is 12.8 Å². The number of aryl methyl sites for hydroxylation is 1. The molecule has 0 radical (unpaired) electrons. The fourth-order valence-corrected chi connectivity index (χ4v) is 6.39. The van der Waals surface area contributed by atoms with Crippen LogP contribution in [0.5, 0.6) is 5.75 Å². The van der Waals surface area contributed by atoms with Crippen molar-refractivity contribution < 1.29 is 27.1 Å². The number of halogens is 1. The lowest BCUT2D eigenvalue weighted by Gasteiger charge is -2.34. The Morgan fingerprint density at radius 1 is 0.891 bits per heavy atom. The molecule has 10 heteroatoms. The van der Waals surface area contributed by atoms with Crippen LogP contribution in [0.4, 0.5) is 10.1 Å². The van der Waals surface area contributed by atoms with Gasteiger partial charge in [0.2, 0.25) is 11.8 Å². The predicted octanol–water partition coefficient (Wildman–Crippen LogP) is 5.89. The van der Waals surface area contributed by atoms with Crippen molar-refractivity contribution in [3.8, 4) is 5.75 Å². The number of benzene rings is 4. The number of carbonyl (C=O) groups excluding carboxylic acids is 2. The summed E-state index contributed by atoms with van der Waals surface area (Å²) >= 11 is 0. The molecule has 0 fully saturated rings. The van der Waals surface area contributed by atoms with Crippen LogP contribution in [-0.2, 0) is 32.6 Å². The molecule has 0 aliphatic carbocycles. The fourth-order valence-electron chi connectivity index (χ4n) is 4.97. The molecule has 2 unspecified atom stereocenters. The van der Waals surface area contributed by atoms with Crippen LogP contribution in [0.2, 0.25) is 0 Å². The van der Waals surface area contributed by atoms with Crippen molar-refractivity contribution in [1.82, 2.24) is 10.2 Å². The number of nitrogens with one attached hydrogen (secondary N) is 1. The predicted molar refractivity (Wildman–Crippen MR) is 177 cm³/mol. The molecule has 2 atom stereocenters. The van der Waals surface area contributed by atoms with Crippen molar-refractivity contribution in [2.24, 2.45) is 0 Å². The molecule has 0 bridgehead atoms. The summed E-state index contributed by atoms with van der Waals surface area (Å²) in [5.41, 5.74) is 2.05. The third-order valence-corrected chi connectivity index (χ3v) is 9.54. The molecule has 8 nitrogen and oxygen atoms in total. The Hall–Kier alpha value is -4.70. The van der Waals surface area contributed by atoms with Crippen LogP contribution in [0.3, 0.4) is 0 Å². The molecule has 1 N–H and O–H groups in total. The van der Waals surface area contributed by atoms with Gasteiger partial charge in [-0.15, -0.1) is 0 Å². The molecular weight excluding hydrogens is 605 g/mol. The van der Waals surface area contributed by atoms with E-state index in [1.165, 1.54) is 42.3 Å². The third-order valence-electron chi connectivity index (χ3n) is 7.77. The summed E-state index contributed by atoms with van der Waals surface area (Å²) in [5.74, 6) is -1.31. The highest BCUT2D eigenvalue weighted by atomic mass is 32.2. The van der Waals surface area contributed by atoms with Crippen LogP contribution in [0.1, 0.15) is 37.0 Å². The number of anilines is 1. The molecule has 2 amide bonds. The standard InChI is InChI=1S/C36H40FN3O5S/c1-5-27(3)38-36(42)34(23-28-12-7-6-8-13-28)39(24-29-14-11-15-30(22-29)45-4)35(41)25-40(33-17-10-9-16-32(33)37)46(43,44)31-20-18-26(2)19-21-31/h6-22,27,34H,5,23-25H2,1-4H3,(H,38,42). The number of para-hydroxylation sites is 1. The lowest BCUT2D eigenvalue weighted by Crippen LogP contribution is -2.54. The summed E-state index contributed by atoms with van der Waals surface area (Å²) in [6.07, 6.45) is 0.840. The van der Waals surface area contributed by atoms with E-state index in [2.05, 4.69) is 5.32 Å². The fraction of sp³-hybridized carbons (Fsp3) is 0.278. The summed E-state index contributed by atoms with van der Waals surface area (Å²) in [6, 6.07) is 26.7. The molecular formula is C36H40FN3O5S. The van der Waals surface area contributed by atoms with E-state index in [0.29, 0.717) is 17.7 Å². The maximum atomic E-state index is 15.3. The quantitative estimate of drug-likeness (QED) is 0.185. The van der Waals surface area contributed by atoms with Gasteiger partial charge in [0, 0.05) is 19.0 Å². The zero-order valence-corrected chi connectivity index (χ0v) is 27.3. The smallest absolute Gasteiger partial charge is 0.264 e. The lowest BCUT2D eigenvalue weighted by molar-refractivity contribution is -0.140. The Morgan fingerprint density at radius 3 is 2.20 bits per heavy atom. The lowest BCUT2D eigenvalue weighted by atomic mass is 10.0. The maximum Gasteiger partial charge on any atom is 0.264 e. The molecule has 46 heavy (non-hydrogen) atoms. The monoisotopic (exact) mass is 645 g/mol. The highest BCUT2D eigenvalue weighted by molar-refractivity contribution is 7.92. The number of ether oxygens (including phenoxy) is 1. The molecule has 0 spiro atoms. The largest absolute Gasteiger partial charge is 0.497 e. The van der Waals surface area contributed by atoms with Crippen molar-refractivity contribution in [3.05, 3.63) is 126 Å². The first kappa shape index (κ1) is 34.2. The number of carbonyl (C=O) groups is 2. The van der Waals surface area contributed by atoms with Gasteiger partial charge in [-0.3, -0.25) is 13.9 Å². The van der Waals surface area contributed by atoms with Crippen molar-refractivity contribution in [3.63, 3.8) is 0 Å². The Kier molecular flexibility index (Phi) is 11.5. The summed E-state index contributed by atoms with van der Waals surface area (Å²) in [5, 5.41) is 3.00. The van der Waals surface area contributed by atoms with Crippen LogP contribution in [0.25, 0.3) is 0 Å². The number of methoxy groups -OCH3 is 1. The van der Waals surface area contributed by atoms with Crippen molar-refractivity contribution >= 4 is 27.5 Å². The Morgan fingerprint density at radius 2 is 1.54 bits per heavy atom. The zero-order valence-electron chi connectivity index (χ0n) is 26.5. The Labute approximate surface area is 270 Å². The summed E-state index contributed by atoms with van der Waals surface area (Å²) in [6.45, 7) is 4.86. The number of rotatable bonds is 14. The molecule has 0 aromatic heterocycles. The summed E-state index contributed by atoms with van der Waals surface area (Å²) in [7, 11) is -2.88. The van der Waals surface area contributed by atoms with E-state index in [1.807, 2.05) is 51.1 Å². The number of nitrogens with zero attached hydrogens (tertiary/aromatic N) is 2. The maximum absolute atomic E-state index is 15.3. The second-order valence-electron chi connectivity index (χ2n) is 11.2.